The number of amides is 1. The second-order valence-corrected chi connectivity index (χ2v) is 4.75. The van der Waals surface area contributed by atoms with Gasteiger partial charge in [-0.1, -0.05) is 12.1 Å². The van der Waals surface area contributed by atoms with Crippen molar-refractivity contribution in [1.82, 2.24) is 0 Å². The highest BCUT2D eigenvalue weighted by atomic mass is 16.6. The molecule has 1 aromatic carbocycles. The van der Waals surface area contributed by atoms with Crippen molar-refractivity contribution >= 4 is 11.8 Å². The Bertz CT molecular complexity index is 380. The van der Waals surface area contributed by atoms with Crippen molar-refractivity contribution in [2.24, 2.45) is 0 Å². The van der Waals surface area contributed by atoms with E-state index in [2.05, 4.69) is 6.07 Å². The Morgan fingerprint density at radius 2 is 2.06 bits per heavy atom. The first kappa shape index (κ1) is 12.6. The summed E-state index contributed by atoms with van der Waals surface area (Å²) in [4.78, 5) is 13.3. The molecule has 87 valence electrons. The number of aryl methyl sites for hydroxylation is 1. The minimum atomic E-state index is -0.474. The van der Waals surface area contributed by atoms with E-state index >= 15 is 0 Å². The van der Waals surface area contributed by atoms with Gasteiger partial charge < -0.3 is 4.74 Å². The van der Waals surface area contributed by atoms with E-state index in [1.165, 1.54) is 4.90 Å². The van der Waals surface area contributed by atoms with Crippen LogP contribution < -0.4 is 4.90 Å². The number of hydrogen-bond acceptors (Lipinski definition) is 2. The molecule has 0 aromatic heterocycles. The number of anilines is 1. The first-order valence-electron chi connectivity index (χ1n) is 5.24. The molecule has 0 aliphatic heterocycles. The molecule has 0 atom stereocenters. The molecule has 0 bridgehead atoms. The summed E-state index contributed by atoms with van der Waals surface area (Å²) in [5.41, 5.74) is 1.36. The Balaban J connectivity index is 2.83. The topological polar surface area (TPSA) is 29.5 Å². The molecule has 0 fully saturated rings. The molecular formula is C13H18NO2. The Labute approximate surface area is 97.0 Å². The van der Waals surface area contributed by atoms with Gasteiger partial charge in [0.15, 0.2) is 0 Å². The summed E-state index contributed by atoms with van der Waals surface area (Å²) in [6.07, 6.45) is -0.352. The summed E-state index contributed by atoms with van der Waals surface area (Å²) in [5.74, 6) is 0. The Morgan fingerprint density at radius 3 is 2.56 bits per heavy atom. The number of hydrogen-bond donors (Lipinski definition) is 0. The first-order valence-corrected chi connectivity index (χ1v) is 5.24. The second kappa shape index (κ2) is 4.56. The van der Waals surface area contributed by atoms with E-state index in [-0.39, 0.29) is 6.09 Å². The Kier molecular flexibility index (Phi) is 3.58. The van der Waals surface area contributed by atoms with Crippen LogP contribution in [-0.4, -0.2) is 18.7 Å². The second-order valence-electron chi connectivity index (χ2n) is 4.75. The fourth-order valence-corrected chi connectivity index (χ4v) is 1.29. The number of nitrogens with zero attached hydrogens (tertiary/aromatic N) is 1. The maximum atomic E-state index is 11.8. The lowest BCUT2D eigenvalue weighted by Crippen LogP contribution is -2.34. The molecule has 1 amide bonds. The van der Waals surface area contributed by atoms with Gasteiger partial charge >= 0.3 is 6.09 Å². The number of benzene rings is 1. The smallest absolute Gasteiger partial charge is 0.414 e. The summed E-state index contributed by atoms with van der Waals surface area (Å²) < 4.78 is 5.28. The third-order valence-corrected chi connectivity index (χ3v) is 2.08. The van der Waals surface area contributed by atoms with Crippen LogP contribution in [0.4, 0.5) is 10.5 Å². The molecule has 0 aliphatic rings. The Hall–Kier alpha value is -1.51. The van der Waals surface area contributed by atoms with Crippen LogP contribution in [-0.2, 0) is 4.74 Å². The van der Waals surface area contributed by atoms with Crippen molar-refractivity contribution < 1.29 is 9.53 Å². The average Bonchev–Trinajstić information content (AvgIpc) is 2.15. The molecule has 1 rings (SSSR count). The van der Waals surface area contributed by atoms with Crippen molar-refractivity contribution in [3.05, 3.63) is 29.8 Å². The molecule has 16 heavy (non-hydrogen) atoms. The predicted octanol–water partition coefficient (Wildman–Crippen LogP) is 3.17. The van der Waals surface area contributed by atoms with Crippen molar-refractivity contribution in [3.8, 4) is 0 Å². The third-order valence-electron chi connectivity index (χ3n) is 2.08. The zero-order valence-electron chi connectivity index (χ0n) is 10.5. The van der Waals surface area contributed by atoms with E-state index in [9.17, 15) is 4.79 Å². The maximum absolute atomic E-state index is 11.8. The van der Waals surface area contributed by atoms with Gasteiger partial charge in [-0.25, -0.2) is 4.79 Å². The van der Waals surface area contributed by atoms with Crippen LogP contribution in [0.5, 0.6) is 0 Å². The molecule has 0 unspecified atom stereocenters. The quantitative estimate of drug-likeness (QED) is 0.727. The van der Waals surface area contributed by atoms with Crippen LogP contribution in [0.15, 0.2) is 18.2 Å². The van der Waals surface area contributed by atoms with E-state index in [1.54, 1.807) is 13.1 Å². The third kappa shape index (κ3) is 3.26. The summed E-state index contributed by atoms with van der Waals surface area (Å²) in [7, 11) is 1.70. The number of rotatable bonds is 1. The maximum Gasteiger partial charge on any atom is 0.414 e. The summed E-state index contributed by atoms with van der Waals surface area (Å²) >= 11 is 0. The van der Waals surface area contributed by atoms with Crippen LogP contribution >= 0.6 is 0 Å². The van der Waals surface area contributed by atoms with Gasteiger partial charge in [-0.15, -0.1) is 0 Å². The van der Waals surface area contributed by atoms with E-state index in [1.807, 2.05) is 39.8 Å². The largest absolute Gasteiger partial charge is 0.443 e. The molecule has 1 aromatic rings. The average molecular weight is 220 g/mol. The fraction of sp³-hybridized carbons (Fsp3) is 0.462. The molecule has 1 radical (unpaired) electrons. The van der Waals surface area contributed by atoms with E-state index in [0.717, 1.165) is 11.3 Å². The van der Waals surface area contributed by atoms with Gasteiger partial charge in [-0.3, -0.25) is 4.90 Å². The van der Waals surface area contributed by atoms with Gasteiger partial charge in [-0.2, -0.15) is 0 Å². The molecule has 0 saturated heterocycles. The van der Waals surface area contributed by atoms with Crippen LogP contribution in [0.2, 0.25) is 0 Å². The van der Waals surface area contributed by atoms with Crippen LogP contribution in [0.1, 0.15) is 26.3 Å². The summed E-state index contributed by atoms with van der Waals surface area (Å²) in [6, 6.07) is 8.46. The minimum absolute atomic E-state index is 0.352. The van der Waals surface area contributed by atoms with Gasteiger partial charge in [-0.05, 0) is 45.4 Å². The predicted molar refractivity (Wildman–Crippen MR) is 64.7 cm³/mol. The molecule has 3 heteroatoms. The molecule has 0 N–H and O–H groups in total. The van der Waals surface area contributed by atoms with Crippen LogP contribution in [0.3, 0.4) is 0 Å². The van der Waals surface area contributed by atoms with Gasteiger partial charge in [0.1, 0.15) is 5.60 Å². The number of carbonyl (C=O) groups excluding carboxylic acids is 1. The highest BCUT2D eigenvalue weighted by Crippen LogP contribution is 2.20. The van der Waals surface area contributed by atoms with Gasteiger partial charge in [0.25, 0.3) is 0 Å². The van der Waals surface area contributed by atoms with Crippen LogP contribution in [0.25, 0.3) is 0 Å². The van der Waals surface area contributed by atoms with Crippen molar-refractivity contribution in [2.45, 2.75) is 33.3 Å². The van der Waals surface area contributed by atoms with Gasteiger partial charge in [0.05, 0.1) is 5.69 Å². The number of carbonyl (C=O) groups is 1. The van der Waals surface area contributed by atoms with Crippen molar-refractivity contribution in [3.63, 3.8) is 0 Å². The van der Waals surface area contributed by atoms with E-state index < -0.39 is 5.60 Å². The lowest BCUT2D eigenvalue weighted by Gasteiger charge is -2.25. The summed E-state index contributed by atoms with van der Waals surface area (Å²) in [5, 5.41) is 0. The van der Waals surface area contributed by atoms with Gasteiger partial charge in [0, 0.05) is 7.05 Å². The molecule has 0 saturated carbocycles. The first-order chi connectivity index (χ1) is 7.31. The zero-order valence-corrected chi connectivity index (χ0v) is 10.5. The van der Waals surface area contributed by atoms with Crippen LogP contribution in [0, 0.1) is 13.0 Å². The molecule has 0 spiro atoms. The van der Waals surface area contributed by atoms with Gasteiger partial charge in [0.2, 0.25) is 0 Å². The van der Waals surface area contributed by atoms with E-state index in [4.69, 9.17) is 4.74 Å². The highest BCUT2D eigenvalue weighted by Gasteiger charge is 2.21. The summed E-state index contributed by atoms with van der Waals surface area (Å²) in [6.45, 7) is 7.50. The lowest BCUT2D eigenvalue weighted by atomic mass is 10.2. The lowest BCUT2D eigenvalue weighted by molar-refractivity contribution is 0.0589. The standard InChI is InChI=1S/C13H18NO2/c1-10-8-6-7-9-11(10)14(5)12(15)16-13(2,3)4/h6,8-9H,1-5H3. The van der Waals surface area contributed by atoms with Crippen molar-refractivity contribution in [1.29, 1.82) is 0 Å². The highest BCUT2D eigenvalue weighted by molar-refractivity contribution is 5.88. The minimum Gasteiger partial charge on any atom is -0.443 e. The molecular weight excluding hydrogens is 202 g/mol. The molecule has 0 aliphatic carbocycles. The molecule has 0 heterocycles. The van der Waals surface area contributed by atoms with Crippen molar-refractivity contribution in [2.75, 3.05) is 11.9 Å². The van der Waals surface area contributed by atoms with E-state index in [0.29, 0.717) is 0 Å². The zero-order chi connectivity index (χ0) is 12.3. The SMILES string of the molecule is Cc1cc[c]cc1N(C)C(=O)OC(C)(C)C. The monoisotopic (exact) mass is 220 g/mol. The fourth-order valence-electron chi connectivity index (χ4n) is 1.29. The Morgan fingerprint density at radius 1 is 1.44 bits per heavy atom. The molecule has 3 nitrogen and oxygen atoms in total. The number of ether oxygens (including phenoxy) is 1. The normalized spacial score (nSPS) is 11.1.